The van der Waals surface area contributed by atoms with E-state index in [0.717, 1.165) is 13.1 Å². The molecule has 19 heavy (non-hydrogen) atoms. The Labute approximate surface area is 118 Å². The van der Waals surface area contributed by atoms with E-state index in [1.165, 1.54) is 18.6 Å². The van der Waals surface area contributed by atoms with Gasteiger partial charge in [-0.1, -0.05) is 13.8 Å². The lowest BCUT2D eigenvalue weighted by atomic mass is 9.93. The molecule has 0 aromatic carbocycles. The highest BCUT2D eigenvalue weighted by atomic mass is 32.1. The Morgan fingerprint density at radius 1 is 1.53 bits per heavy atom. The second-order valence-electron chi connectivity index (χ2n) is 5.52. The Morgan fingerprint density at radius 2 is 2.16 bits per heavy atom. The van der Waals surface area contributed by atoms with Crippen molar-refractivity contribution >= 4 is 28.3 Å². The fourth-order valence-corrected chi connectivity index (χ4v) is 2.65. The first-order chi connectivity index (χ1) is 8.76. The molecule has 0 aliphatic carbocycles. The highest BCUT2D eigenvalue weighted by Crippen LogP contribution is 2.28. The number of nitrogens with two attached hydrogens (primary N) is 1. The van der Waals surface area contributed by atoms with Gasteiger partial charge in [-0.2, -0.15) is 4.37 Å². The highest BCUT2D eigenvalue weighted by Gasteiger charge is 2.23. The van der Waals surface area contributed by atoms with Gasteiger partial charge in [-0.05, 0) is 31.0 Å². The van der Waals surface area contributed by atoms with E-state index >= 15 is 0 Å². The summed E-state index contributed by atoms with van der Waals surface area (Å²) in [5, 5.41) is 3.91. The summed E-state index contributed by atoms with van der Waals surface area (Å²) in [4.78, 5) is 13.8. The third-order valence-corrected chi connectivity index (χ3v) is 3.40. The molecule has 0 aliphatic rings. The van der Waals surface area contributed by atoms with Crippen molar-refractivity contribution in [3.05, 3.63) is 5.56 Å². The number of nitrogens with zero attached hydrogens (tertiary/aromatic N) is 2. The zero-order chi connectivity index (χ0) is 14.6. The molecule has 3 N–H and O–H groups in total. The van der Waals surface area contributed by atoms with E-state index < -0.39 is 5.97 Å². The molecule has 0 fully saturated rings. The van der Waals surface area contributed by atoms with Gasteiger partial charge < -0.3 is 20.7 Å². The van der Waals surface area contributed by atoms with Crippen LogP contribution in [-0.2, 0) is 4.74 Å². The molecule has 1 aromatic heterocycles. The molecule has 0 saturated heterocycles. The number of hydrogen-bond acceptors (Lipinski definition) is 7. The fourth-order valence-electron chi connectivity index (χ4n) is 1.95. The smallest absolute Gasteiger partial charge is 0.344 e. The SMILES string of the molecule is COC(=O)c1c(N)nsc1NCC(C)(C)CN(C)C. The van der Waals surface area contributed by atoms with E-state index in [1.54, 1.807) is 0 Å². The summed E-state index contributed by atoms with van der Waals surface area (Å²) in [5.41, 5.74) is 6.08. The van der Waals surface area contributed by atoms with Gasteiger partial charge in [0, 0.05) is 13.1 Å². The van der Waals surface area contributed by atoms with E-state index in [2.05, 4.69) is 28.4 Å². The number of ether oxygens (including phenoxy) is 1. The Hall–Kier alpha value is -1.34. The van der Waals surface area contributed by atoms with Crippen LogP contribution in [0.2, 0.25) is 0 Å². The number of nitrogen functional groups attached to an aromatic ring is 1. The third kappa shape index (κ3) is 4.36. The first-order valence-corrected chi connectivity index (χ1v) is 6.76. The van der Waals surface area contributed by atoms with E-state index in [9.17, 15) is 4.79 Å². The second kappa shape index (κ2) is 6.21. The summed E-state index contributed by atoms with van der Waals surface area (Å²) in [6.45, 7) is 5.96. The van der Waals surface area contributed by atoms with Crippen molar-refractivity contribution in [2.24, 2.45) is 5.41 Å². The van der Waals surface area contributed by atoms with Crippen LogP contribution in [0.5, 0.6) is 0 Å². The van der Waals surface area contributed by atoms with Crippen molar-refractivity contribution in [3.8, 4) is 0 Å². The van der Waals surface area contributed by atoms with Crippen LogP contribution < -0.4 is 11.1 Å². The van der Waals surface area contributed by atoms with E-state index in [4.69, 9.17) is 10.5 Å². The monoisotopic (exact) mass is 286 g/mol. The van der Waals surface area contributed by atoms with Crippen LogP contribution in [0.4, 0.5) is 10.8 Å². The average Bonchev–Trinajstić information content (AvgIpc) is 2.65. The third-order valence-electron chi connectivity index (χ3n) is 2.58. The van der Waals surface area contributed by atoms with Crippen molar-refractivity contribution in [1.82, 2.24) is 9.27 Å². The van der Waals surface area contributed by atoms with Gasteiger partial charge in [-0.3, -0.25) is 0 Å². The maximum atomic E-state index is 11.6. The first kappa shape index (κ1) is 15.7. The Balaban J connectivity index is 2.76. The number of aromatic nitrogens is 1. The zero-order valence-corrected chi connectivity index (χ0v) is 12.9. The van der Waals surface area contributed by atoms with Crippen LogP contribution in [0.1, 0.15) is 24.2 Å². The van der Waals surface area contributed by atoms with Crippen LogP contribution in [-0.4, -0.2) is 49.5 Å². The Bertz CT molecular complexity index is 443. The number of anilines is 2. The molecule has 7 heteroatoms. The standard InChI is InChI=1S/C12H22N4O2S/c1-12(2,7-16(3)4)6-14-10-8(11(17)18-5)9(13)15-19-10/h14H,6-7H2,1-5H3,(H2,13,15). The lowest BCUT2D eigenvalue weighted by Crippen LogP contribution is -2.34. The lowest BCUT2D eigenvalue weighted by molar-refractivity contribution is 0.0603. The van der Waals surface area contributed by atoms with Gasteiger partial charge in [-0.25, -0.2) is 4.79 Å². The number of hydrogen-bond donors (Lipinski definition) is 2. The maximum absolute atomic E-state index is 11.6. The normalized spacial score (nSPS) is 11.7. The summed E-state index contributed by atoms with van der Waals surface area (Å²) < 4.78 is 8.71. The van der Waals surface area contributed by atoms with E-state index in [1.807, 2.05) is 14.1 Å². The second-order valence-corrected chi connectivity index (χ2v) is 6.29. The predicted octanol–water partition coefficient (Wildman–Crippen LogP) is 1.51. The van der Waals surface area contributed by atoms with E-state index in [0.29, 0.717) is 10.6 Å². The van der Waals surface area contributed by atoms with Gasteiger partial charge in [0.1, 0.15) is 10.6 Å². The van der Waals surface area contributed by atoms with Gasteiger partial charge in [-0.15, -0.1) is 0 Å². The molecule has 0 amide bonds. The van der Waals surface area contributed by atoms with Crippen molar-refractivity contribution in [2.75, 3.05) is 45.3 Å². The Morgan fingerprint density at radius 3 is 2.68 bits per heavy atom. The quantitative estimate of drug-likeness (QED) is 0.772. The molecule has 0 spiro atoms. The number of nitrogens with one attached hydrogen (secondary N) is 1. The molecule has 1 aromatic rings. The van der Waals surface area contributed by atoms with Crippen molar-refractivity contribution in [3.63, 3.8) is 0 Å². The van der Waals surface area contributed by atoms with Crippen LogP contribution in [0.25, 0.3) is 0 Å². The van der Waals surface area contributed by atoms with Crippen molar-refractivity contribution in [2.45, 2.75) is 13.8 Å². The first-order valence-electron chi connectivity index (χ1n) is 5.99. The fraction of sp³-hybridized carbons (Fsp3) is 0.667. The summed E-state index contributed by atoms with van der Waals surface area (Å²) in [7, 11) is 5.40. The Kier molecular flexibility index (Phi) is 5.13. The largest absolute Gasteiger partial charge is 0.465 e. The summed E-state index contributed by atoms with van der Waals surface area (Å²) in [5.74, 6) is -0.246. The number of carbonyl (C=O) groups is 1. The number of esters is 1. The van der Waals surface area contributed by atoms with Crippen molar-refractivity contribution in [1.29, 1.82) is 0 Å². The van der Waals surface area contributed by atoms with Crippen LogP contribution in [0, 0.1) is 5.41 Å². The molecule has 0 bridgehead atoms. The highest BCUT2D eigenvalue weighted by molar-refractivity contribution is 7.11. The minimum atomic E-state index is -0.459. The van der Waals surface area contributed by atoms with Crippen molar-refractivity contribution < 1.29 is 9.53 Å². The lowest BCUT2D eigenvalue weighted by Gasteiger charge is -2.28. The molecule has 0 aliphatic heterocycles. The van der Waals surface area contributed by atoms with Crippen LogP contribution in [0.3, 0.4) is 0 Å². The molecule has 0 radical (unpaired) electrons. The molecule has 0 saturated carbocycles. The number of methoxy groups -OCH3 is 1. The molecule has 6 nitrogen and oxygen atoms in total. The molecule has 0 atom stereocenters. The minimum absolute atomic E-state index is 0.0651. The molecular formula is C12H22N4O2S. The maximum Gasteiger partial charge on any atom is 0.344 e. The van der Waals surface area contributed by atoms with Gasteiger partial charge >= 0.3 is 5.97 Å². The zero-order valence-electron chi connectivity index (χ0n) is 12.1. The van der Waals surface area contributed by atoms with Crippen LogP contribution in [0.15, 0.2) is 0 Å². The van der Waals surface area contributed by atoms with Crippen LogP contribution >= 0.6 is 11.5 Å². The molecule has 1 heterocycles. The summed E-state index contributed by atoms with van der Waals surface area (Å²) >= 11 is 1.18. The van der Waals surface area contributed by atoms with E-state index in [-0.39, 0.29) is 11.2 Å². The molecular weight excluding hydrogens is 264 g/mol. The average molecular weight is 286 g/mol. The van der Waals surface area contributed by atoms with Gasteiger partial charge in [0.2, 0.25) is 0 Å². The number of carbonyl (C=O) groups excluding carboxylic acids is 1. The predicted molar refractivity (Wildman–Crippen MR) is 78.7 cm³/mol. The molecule has 0 unspecified atom stereocenters. The van der Waals surface area contributed by atoms with Gasteiger partial charge in [0.15, 0.2) is 5.82 Å². The minimum Gasteiger partial charge on any atom is -0.465 e. The molecule has 1 rings (SSSR count). The van der Waals surface area contributed by atoms with Gasteiger partial charge in [0.05, 0.1) is 7.11 Å². The summed E-state index contributed by atoms with van der Waals surface area (Å²) in [6, 6.07) is 0. The topological polar surface area (TPSA) is 80.5 Å². The number of rotatable bonds is 6. The summed E-state index contributed by atoms with van der Waals surface area (Å²) in [6.07, 6.45) is 0. The molecule has 108 valence electrons. The van der Waals surface area contributed by atoms with Gasteiger partial charge in [0.25, 0.3) is 0 Å².